The summed E-state index contributed by atoms with van der Waals surface area (Å²) in [7, 11) is -3.10. The lowest BCUT2D eigenvalue weighted by molar-refractivity contribution is -0.142. The number of benzene rings is 2. The highest BCUT2D eigenvalue weighted by Crippen LogP contribution is 2.35. The van der Waals surface area contributed by atoms with E-state index in [2.05, 4.69) is 15.5 Å². The van der Waals surface area contributed by atoms with E-state index >= 15 is 0 Å². The number of carbonyl (C=O) groups excluding carboxylic acids is 1. The average molecular weight is 496 g/mol. The van der Waals surface area contributed by atoms with Crippen LogP contribution in [0, 0.1) is 17.5 Å². The molecule has 0 saturated heterocycles. The molecule has 0 aliphatic rings. The summed E-state index contributed by atoms with van der Waals surface area (Å²) in [5.41, 5.74) is -2.01. The largest absolute Gasteiger partial charge is 0.437 e. The van der Waals surface area contributed by atoms with E-state index in [1.807, 2.05) is 0 Å². The molecule has 2 N–H and O–H groups in total. The van der Waals surface area contributed by atoms with Crippen LogP contribution in [0.3, 0.4) is 0 Å². The molecule has 0 spiro atoms. The molecule has 0 aliphatic heterocycles. The zero-order valence-corrected chi connectivity index (χ0v) is 19.1. The first-order chi connectivity index (χ1) is 15.8. The van der Waals surface area contributed by atoms with Crippen molar-refractivity contribution in [3.8, 4) is 11.6 Å². The third-order valence-electron chi connectivity index (χ3n) is 4.83. The van der Waals surface area contributed by atoms with E-state index in [0.717, 1.165) is 13.0 Å². The van der Waals surface area contributed by atoms with Crippen molar-refractivity contribution >= 4 is 21.3 Å². The summed E-state index contributed by atoms with van der Waals surface area (Å²) < 4.78 is 79.4. The standard InChI is InChI=1S/C22H20F4N4O3S/c1-4-13-10-15(8-9-17(13)23)33-21-18(12(2)19(29-30-21)22(24,25)26)20(31)28-14-6-5-7-16(11-14)34(3,27)32/h5-11,27H,4H2,1-3H3,(H,28,31). The van der Waals surface area contributed by atoms with Gasteiger partial charge in [-0.3, -0.25) is 4.79 Å². The lowest BCUT2D eigenvalue weighted by Gasteiger charge is -2.16. The second kappa shape index (κ2) is 9.37. The van der Waals surface area contributed by atoms with Gasteiger partial charge < -0.3 is 10.1 Å². The Hall–Kier alpha value is -3.54. The zero-order valence-electron chi connectivity index (χ0n) is 18.3. The van der Waals surface area contributed by atoms with Crippen LogP contribution in [0.5, 0.6) is 11.6 Å². The number of aromatic nitrogens is 2. The number of alkyl halides is 3. The second-order valence-corrected chi connectivity index (χ2v) is 9.54. The smallest absolute Gasteiger partial charge is 0.435 e. The lowest BCUT2D eigenvalue weighted by atomic mass is 10.1. The minimum absolute atomic E-state index is 0.0580. The number of nitrogens with one attached hydrogen (secondary N) is 2. The first-order valence-electron chi connectivity index (χ1n) is 9.87. The summed E-state index contributed by atoms with van der Waals surface area (Å²) in [4.78, 5) is 13.2. The van der Waals surface area contributed by atoms with Crippen molar-refractivity contribution in [3.05, 3.63) is 70.7 Å². The average Bonchev–Trinajstić information content (AvgIpc) is 2.73. The van der Waals surface area contributed by atoms with Crippen molar-refractivity contribution in [1.29, 1.82) is 4.78 Å². The van der Waals surface area contributed by atoms with E-state index in [9.17, 15) is 26.6 Å². The van der Waals surface area contributed by atoms with Crippen molar-refractivity contribution in [3.63, 3.8) is 0 Å². The number of hydrogen-bond acceptors (Lipinski definition) is 6. The number of carbonyl (C=O) groups is 1. The number of aryl methyl sites for hydroxylation is 1. The van der Waals surface area contributed by atoms with E-state index in [0.29, 0.717) is 12.0 Å². The molecule has 0 aliphatic carbocycles. The molecule has 1 aromatic heterocycles. The fourth-order valence-corrected chi connectivity index (χ4v) is 3.80. The molecule has 0 radical (unpaired) electrons. The van der Waals surface area contributed by atoms with Crippen molar-refractivity contribution in [2.75, 3.05) is 11.6 Å². The molecule has 0 fully saturated rings. The molecule has 1 amide bonds. The van der Waals surface area contributed by atoms with Gasteiger partial charge in [0, 0.05) is 16.8 Å². The predicted octanol–water partition coefficient (Wildman–Crippen LogP) is 5.59. The van der Waals surface area contributed by atoms with Gasteiger partial charge in [-0.15, -0.1) is 10.2 Å². The fourth-order valence-electron chi connectivity index (χ4n) is 3.11. The van der Waals surface area contributed by atoms with E-state index in [1.165, 1.54) is 42.7 Å². The van der Waals surface area contributed by atoms with Gasteiger partial charge in [-0.25, -0.2) is 13.4 Å². The molecular weight excluding hydrogens is 476 g/mol. The SMILES string of the molecule is CCc1cc(Oc2nnc(C(F)(F)F)c(C)c2C(=O)Nc2cccc(S(C)(=N)=O)c2)ccc1F. The third kappa shape index (κ3) is 5.50. The first kappa shape index (κ1) is 25.1. The van der Waals surface area contributed by atoms with Crippen molar-refractivity contribution in [1.82, 2.24) is 10.2 Å². The second-order valence-electron chi connectivity index (χ2n) is 7.39. The number of anilines is 1. The minimum atomic E-state index is -4.88. The summed E-state index contributed by atoms with van der Waals surface area (Å²) in [6.07, 6.45) is -3.35. The number of halogens is 4. The van der Waals surface area contributed by atoms with E-state index in [4.69, 9.17) is 9.52 Å². The van der Waals surface area contributed by atoms with Crippen LogP contribution in [0.2, 0.25) is 0 Å². The number of hydrogen-bond donors (Lipinski definition) is 2. The Bertz CT molecular complexity index is 1360. The normalized spacial score (nSPS) is 13.3. The Morgan fingerprint density at radius 1 is 1.18 bits per heavy atom. The summed E-state index contributed by atoms with van der Waals surface area (Å²) in [6.45, 7) is 2.77. The van der Waals surface area contributed by atoms with Crippen molar-refractivity contribution < 1.29 is 31.3 Å². The summed E-state index contributed by atoms with van der Waals surface area (Å²) in [5.74, 6) is -1.92. The Kier molecular flexibility index (Phi) is 6.92. The summed E-state index contributed by atoms with van der Waals surface area (Å²) in [6, 6.07) is 9.32. The molecule has 1 atom stereocenters. The molecule has 34 heavy (non-hydrogen) atoms. The molecule has 0 saturated carbocycles. The number of amides is 1. The van der Waals surface area contributed by atoms with Gasteiger partial charge in [-0.05, 0) is 60.9 Å². The molecule has 0 bridgehead atoms. The van der Waals surface area contributed by atoms with Crippen LogP contribution in [0.1, 0.15) is 34.1 Å². The molecule has 180 valence electrons. The molecule has 1 unspecified atom stereocenters. The zero-order chi connectivity index (χ0) is 25.3. The van der Waals surface area contributed by atoms with Gasteiger partial charge >= 0.3 is 6.18 Å². The van der Waals surface area contributed by atoms with Crippen molar-refractivity contribution in [2.45, 2.75) is 31.3 Å². The van der Waals surface area contributed by atoms with Gasteiger partial charge in [0.2, 0.25) is 0 Å². The van der Waals surface area contributed by atoms with Crippen molar-refractivity contribution in [2.24, 2.45) is 0 Å². The Morgan fingerprint density at radius 3 is 2.50 bits per heavy atom. The van der Waals surface area contributed by atoms with Gasteiger partial charge in [-0.2, -0.15) is 13.2 Å². The Balaban J connectivity index is 2.07. The number of rotatable bonds is 6. The van der Waals surface area contributed by atoms with Crippen LogP contribution in [-0.2, 0) is 22.3 Å². The van der Waals surface area contributed by atoms with Gasteiger partial charge in [0.15, 0.2) is 5.69 Å². The number of nitrogens with zero attached hydrogens (tertiary/aromatic N) is 2. The van der Waals surface area contributed by atoms with Gasteiger partial charge in [0.05, 0.1) is 9.73 Å². The van der Waals surface area contributed by atoms with Crippen LogP contribution in [0.15, 0.2) is 47.4 Å². The summed E-state index contributed by atoms with van der Waals surface area (Å²) in [5, 5.41) is 9.09. The molecule has 12 heteroatoms. The molecule has 7 nitrogen and oxygen atoms in total. The highest BCUT2D eigenvalue weighted by Gasteiger charge is 2.38. The highest BCUT2D eigenvalue weighted by atomic mass is 32.2. The summed E-state index contributed by atoms with van der Waals surface area (Å²) >= 11 is 0. The molecular formula is C22H20F4N4O3S. The predicted molar refractivity (Wildman–Crippen MR) is 117 cm³/mol. The molecule has 3 rings (SSSR count). The Morgan fingerprint density at radius 2 is 1.88 bits per heavy atom. The lowest BCUT2D eigenvalue weighted by Crippen LogP contribution is -2.21. The quantitative estimate of drug-likeness (QED) is 0.433. The number of ether oxygens (including phenoxy) is 1. The van der Waals surface area contributed by atoms with Crippen LogP contribution >= 0.6 is 0 Å². The maximum absolute atomic E-state index is 13.8. The first-order valence-corrected chi connectivity index (χ1v) is 11.8. The van der Waals surface area contributed by atoms with Crippen LogP contribution in [0.4, 0.5) is 23.2 Å². The van der Waals surface area contributed by atoms with Crippen LogP contribution in [-0.4, -0.2) is 26.6 Å². The van der Waals surface area contributed by atoms with Crippen LogP contribution < -0.4 is 10.1 Å². The van der Waals surface area contributed by atoms with Gasteiger partial charge in [0.25, 0.3) is 11.8 Å². The maximum atomic E-state index is 13.8. The van der Waals surface area contributed by atoms with Gasteiger partial charge in [0.1, 0.15) is 17.1 Å². The highest BCUT2D eigenvalue weighted by molar-refractivity contribution is 7.91. The molecule has 2 aromatic carbocycles. The Labute approximate surface area is 193 Å². The minimum Gasteiger partial charge on any atom is -0.437 e. The monoisotopic (exact) mass is 496 g/mol. The van der Waals surface area contributed by atoms with E-state index < -0.39 is 50.3 Å². The maximum Gasteiger partial charge on any atom is 0.435 e. The third-order valence-corrected chi connectivity index (χ3v) is 5.99. The topological polar surface area (TPSA) is 105 Å². The molecule has 3 aromatic rings. The van der Waals surface area contributed by atoms with E-state index in [1.54, 1.807) is 6.92 Å². The fraction of sp³-hybridized carbons (Fsp3) is 0.227. The van der Waals surface area contributed by atoms with Crippen LogP contribution in [0.25, 0.3) is 0 Å². The van der Waals surface area contributed by atoms with Gasteiger partial charge in [-0.1, -0.05) is 13.0 Å². The van der Waals surface area contributed by atoms with E-state index in [-0.39, 0.29) is 16.3 Å². The molecule has 1 heterocycles.